The van der Waals surface area contributed by atoms with Crippen molar-refractivity contribution in [2.45, 2.75) is 13.8 Å². The van der Waals surface area contributed by atoms with Gasteiger partial charge in [-0.15, -0.1) is 0 Å². The maximum absolute atomic E-state index is 13.0. The Morgan fingerprint density at radius 1 is 1.04 bits per heavy atom. The Morgan fingerprint density at radius 2 is 1.73 bits per heavy atom. The third-order valence-corrected chi connectivity index (χ3v) is 3.58. The van der Waals surface area contributed by atoms with Crippen molar-refractivity contribution in [1.82, 2.24) is 0 Å². The zero-order chi connectivity index (χ0) is 18.5. The summed E-state index contributed by atoms with van der Waals surface area (Å²) in [5.41, 5.74) is 1.41. The Balaban J connectivity index is 1.90. The van der Waals surface area contributed by atoms with Gasteiger partial charge in [0.15, 0.2) is 17.2 Å². The molecule has 3 rings (SSSR count). The molecule has 1 aliphatic heterocycles. The largest absolute Gasteiger partial charge is 0.490 e. The van der Waals surface area contributed by atoms with E-state index in [9.17, 15) is 9.18 Å². The van der Waals surface area contributed by atoms with Crippen LogP contribution in [-0.2, 0) is 9.53 Å². The lowest BCUT2D eigenvalue weighted by molar-refractivity contribution is -0.129. The van der Waals surface area contributed by atoms with E-state index in [0.717, 1.165) is 0 Å². The number of carbonyl (C=O) groups is 1. The second-order valence-electron chi connectivity index (χ2n) is 5.42. The van der Waals surface area contributed by atoms with Crippen LogP contribution in [-0.4, -0.2) is 25.1 Å². The second kappa shape index (κ2) is 7.82. The average Bonchev–Trinajstić information content (AvgIpc) is 2.99. The third kappa shape index (κ3) is 3.91. The standard InChI is InChI=1S/C20H18FNO4/c1-3-24-17-10-7-14(12-18(17)25-4-2)19-22-16(20(23)26-19)11-13-5-8-15(21)9-6-13/h5-12H,3-4H2,1-2H3. The van der Waals surface area contributed by atoms with Crippen LogP contribution < -0.4 is 9.47 Å². The fourth-order valence-corrected chi connectivity index (χ4v) is 2.43. The fraction of sp³-hybridized carbons (Fsp3) is 0.200. The predicted molar refractivity (Wildman–Crippen MR) is 95.8 cm³/mol. The maximum atomic E-state index is 13.0. The number of hydrogen-bond donors (Lipinski definition) is 0. The normalized spacial score (nSPS) is 15.0. The highest BCUT2D eigenvalue weighted by molar-refractivity contribution is 6.13. The van der Waals surface area contributed by atoms with Crippen LogP contribution in [0.4, 0.5) is 4.39 Å². The van der Waals surface area contributed by atoms with Gasteiger partial charge in [0.2, 0.25) is 5.90 Å². The number of rotatable bonds is 6. The van der Waals surface area contributed by atoms with Crippen LogP contribution in [0.25, 0.3) is 6.08 Å². The minimum Gasteiger partial charge on any atom is -0.490 e. The first-order chi connectivity index (χ1) is 12.6. The molecular formula is C20H18FNO4. The van der Waals surface area contributed by atoms with Gasteiger partial charge < -0.3 is 14.2 Å². The molecule has 2 aromatic rings. The molecule has 5 nitrogen and oxygen atoms in total. The van der Waals surface area contributed by atoms with E-state index in [-0.39, 0.29) is 17.4 Å². The topological polar surface area (TPSA) is 57.1 Å². The molecule has 0 fully saturated rings. The van der Waals surface area contributed by atoms with Gasteiger partial charge in [0, 0.05) is 5.56 Å². The number of aliphatic imine (C=N–C) groups is 1. The van der Waals surface area contributed by atoms with E-state index < -0.39 is 5.97 Å². The van der Waals surface area contributed by atoms with E-state index in [1.807, 2.05) is 13.8 Å². The fourth-order valence-electron chi connectivity index (χ4n) is 2.43. The summed E-state index contributed by atoms with van der Waals surface area (Å²) in [5, 5.41) is 0. The van der Waals surface area contributed by atoms with Gasteiger partial charge in [-0.25, -0.2) is 14.2 Å². The summed E-state index contributed by atoms with van der Waals surface area (Å²) < 4.78 is 29.4. The lowest BCUT2D eigenvalue weighted by Gasteiger charge is -2.11. The number of nitrogens with zero attached hydrogens (tertiary/aromatic N) is 1. The van der Waals surface area contributed by atoms with E-state index >= 15 is 0 Å². The number of hydrogen-bond acceptors (Lipinski definition) is 5. The van der Waals surface area contributed by atoms with E-state index in [1.54, 1.807) is 36.4 Å². The molecule has 0 radical (unpaired) electrons. The lowest BCUT2D eigenvalue weighted by atomic mass is 10.2. The lowest BCUT2D eigenvalue weighted by Crippen LogP contribution is -2.06. The predicted octanol–water partition coefficient (Wildman–Crippen LogP) is 3.97. The number of halogens is 1. The summed E-state index contributed by atoms with van der Waals surface area (Å²) in [6.45, 7) is 4.75. The molecule has 1 aliphatic rings. The van der Waals surface area contributed by atoms with Crippen molar-refractivity contribution in [1.29, 1.82) is 0 Å². The molecule has 2 aromatic carbocycles. The van der Waals surface area contributed by atoms with Gasteiger partial charge in [0.05, 0.1) is 13.2 Å². The van der Waals surface area contributed by atoms with Gasteiger partial charge in [-0.1, -0.05) is 12.1 Å². The molecule has 0 aromatic heterocycles. The Morgan fingerprint density at radius 3 is 2.42 bits per heavy atom. The van der Waals surface area contributed by atoms with E-state index in [2.05, 4.69) is 4.99 Å². The molecule has 6 heteroatoms. The van der Waals surface area contributed by atoms with Crippen LogP contribution in [0.1, 0.15) is 25.0 Å². The highest BCUT2D eigenvalue weighted by Gasteiger charge is 2.25. The van der Waals surface area contributed by atoms with Crippen molar-refractivity contribution in [2.24, 2.45) is 4.99 Å². The first-order valence-corrected chi connectivity index (χ1v) is 8.29. The average molecular weight is 355 g/mol. The number of esters is 1. The van der Waals surface area contributed by atoms with Gasteiger partial charge >= 0.3 is 5.97 Å². The Hall–Kier alpha value is -3.15. The van der Waals surface area contributed by atoms with E-state index in [0.29, 0.717) is 35.8 Å². The minimum absolute atomic E-state index is 0.151. The van der Waals surface area contributed by atoms with Gasteiger partial charge in [0.25, 0.3) is 0 Å². The molecule has 0 N–H and O–H groups in total. The van der Waals surface area contributed by atoms with Crippen LogP contribution >= 0.6 is 0 Å². The molecule has 0 amide bonds. The highest BCUT2D eigenvalue weighted by Crippen LogP contribution is 2.30. The second-order valence-corrected chi connectivity index (χ2v) is 5.42. The number of ether oxygens (including phenoxy) is 3. The summed E-state index contributed by atoms with van der Waals surface area (Å²) in [5.74, 6) is 0.457. The first kappa shape index (κ1) is 17.7. The summed E-state index contributed by atoms with van der Waals surface area (Å²) >= 11 is 0. The summed E-state index contributed by atoms with van der Waals surface area (Å²) in [6, 6.07) is 11.0. The Bertz CT molecular complexity index is 872. The zero-order valence-electron chi connectivity index (χ0n) is 14.5. The molecule has 0 saturated carbocycles. The number of carbonyl (C=O) groups excluding carboxylic acids is 1. The molecule has 1 heterocycles. The SMILES string of the molecule is CCOc1ccc(C2=NC(=Cc3ccc(F)cc3)C(=O)O2)cc1OCC. The first-order valence-electron chi connectivity index (χ1n) is 8.29. The van der Waals surface area contributed by atoms with Gasteiger partial charge in [-0.3, -0.25) is 0 Å². The molecular weight excluding hydrogens is 337 g/mol. The molecule has 26 heavy (non-hydrogen) atoms. The molecule has 0 bridgehead atoms. The van der Waals surface area contributed by atoms with Crippen molar-refractivity contribution < 1.29 is 23.4 Å². The number of benzene rings is 2. The van der Waals surface area contributed by atoms with Crippen LogP contribution in [0.2, 0.25) is 0 Å². The molecule has 0 saturated heterocycles. The maximum Gasteiger partial charge on any atom is 0.363 e. The van der Waals surface area contributed by atoms with Gasteiger partial charge in [-0.05, 0) is 55.8 Å². The van der Waals surface area contributed by atoms with Crippen LogP contribution in [0.5, 0.6) is 11.5 Å². The van der Waals surface area contributed by atoms with E-state index in [4.69, 9.17) is 14.2 Å². The molecule has 0 spiro atoms. The van der Waals surface area contributed by atoms with Crippen molar-refractivity contribution >= 4 is 17.9 Å². The molecule has 0 atom stereocenters. The van der Waals surface area contributed by atoms with Gasteiger partial charge in [0.1, 0.15) is 5.82 Å². The summed E-state index contributed by atoms with van der Waals surface area (Å²) in [6.07, 6.45) is 1.55. The minimum atomic E-state index is -0.559. The van der Waals surface area contributed by atoms with Crippen LogP contribution in [0.15, 0.2) is 53.2 Å². The Labute approximate surface area is 150 Å². The molecule has 0 aliphatic carbocycles. The smallest absolute Gasteiger partial charge is 0.363 e. The molecule has 0 unspecified atom stereocenters. The van der Waals surface area contributed by atoms with Crippen molar-refractivity contribution in [2.75, 3.05) is 13.2 Å². The quantitative estimate of drug-likeness (QED) is 0.581. The highest BCUT2D eigenvalue weighted by atomic mass is 19.1. The summed E-state index contributed by atoms with van der Waals surface area (Å²) in [4.78, 5) is 16.3. The zero-order valence-corrected chi connectivity index (χ0v) is 14.5. The van der Waals surface area contributed by atoms with Crippen LogP contribution in [0.3, 0.4) is 0 Å². The molecule has 134 valence electrons. The Kier molecular flexibility index (Phi) is 5.31. The number of cyclic esters (lactones) is 1. The van der Waals surface area contributed by atoms with Crippen LogP contribution in [0, 0.1) is 5.82 Å². The van der Waals surface area contributed by atoms with Crippen molar-refractivity contribution in [3.63, 3.8) is 0 Å². The van der Waals surface area contributed by atoms with Gasteiger partial charge in [-0.2, -0.15) is 0 Å². The summed E-state index contributed by atoms with van der Waals surface area (Å²) in [7, 11) is 0. The third-order valence-electron chi connectivity index (χ3n) is 3.58. The van der Waals surface area contributed by atoms with E-state index in [1.165, 1.54) is 12.1 Å². The van der Waals surface area contributed by atoms with Crippen molar-refractivity contribution in [3.05, 3.63) is 65.1 Å². The van der Waals surface area contributed by atoms with Crippen molar-refractivity contribution in [3.8, 4) is 11.5 Å². The monoisotopic (exact) mass is 355 g/mol.